The Morgan fingerprint density at radius 3 is 2.53 bits per heavy atom. The minimum Gasteiger partial charge on any atom is -0.480 e. The molecule has 5 nitrogen and oxygen atoms in total. The fourth-order valence-electron chi connectivity index (χ4n) is 2.36. The average Bonchev–Trinajstić information content (AvgIpc) is 2.39. The first-order chi connectivity index (χ1) is 9.03. The number of halogens is 1. The van der Waals surface area contributed by atoms with Gasteiger partial charge in [-0.2, -0.15) is 0 Å². The number of nitrogens with one attached hydrogen (secondary N) is 1. The summed E-state index contributed by atoms with van der Waals surface area (Å²) >= 11 is 5.72. The van der Waals surface area contributed by atoms with Gasteiger partial charge in [0.2, 0.25) is 0 Å². The van der Waals surface area contributed by atoms with Crippen LogP contribution in [0.4, 0.5) is 0 Å². The van der Waals surface area contributed by atoms with Gasteiger partial charge in [-0.05, 0) is 25.0 Å². The Balaban J connectivity index is 2.18. The lowest BCUT2D eigenvalue weighted by Crippen LogP contribution is -2.55. The second-order valence-corrected chi connectivity index (χ2v) is 5.13. The van der Waals surface area contributed by atoms with Crippen molar-refractivity contribution in [3.8, 4) is 0 Å². The molecule has 2 rings (SSSR count). The molecule has 1 aliphatic carbocycles. The van der Waals surface area contributed by atoms with Crippen LogP contribution in [-0.4, -0.2) is 27.5 Å². The Kier molecular flexibility index (Phi) is 4.04. The minimum absolute atomic E-state index is 0.138. The zero-order valence-electron chi connectivity index (χ0n) is 10.4. The van der Waals surface area contributed by atoms with Crippen molar-refractivity contribution in [1.29, 1.82) is 0 Å². The molecular formula is C13H15ClN2O3. The third-order valence-electron chi connectivity index (χ3n) is 3.42. The molecule has 1 saturated carbocycles. The van der Waals surface area contributed by atoms with Crippen LogP contribution in [0.25, 0.3) is 0 Å². The minimum atomic E-state index is -1.17. The van der Waals surface area contributed by atoms with E-state index in [4.69, 9.17) is 11.6 Å². The molecule has 0 unspecified atom stereocenters. The third kappa shape index (κ3) is 3.04. The number of aromatic nitrogens is 1. The molecule has 0 aromatic carbocycles. The molecule has 0 atom stereocenters. The zero-order valence-corrected chi connectivity index (χ0v) is 11.1. The van der Waals surface area contributed by atoms with E-state index in [1.165, 1.54) is 6.07 Å². The third-order valence-corrected chi connectivity index (χ3v) is 3.63. The fourth-order valence-corrected chi connectivity index (χ4v) is 2.53. The predicted octanol–water partition coefficient (Wildman–Crippen LogP) is 2.25. The van der Waals surface area contributed by atoms with Crippen LogP contribution in [0, 0.1) is 0 Å². The number of hydrogen-bond acceptors (Lipinski definition) is 3. The number of amides is 1. The van der Waals surface area contributed by atoms with Crippen LogP contribution in [0.2, 0.25) is 5.15 Å². The summed E-state index contributed by atoms with van der Waals surface area (Å²) in [5.41, 5.74) is -1.03. The molecule has 2 N–H and O–H groups in total. The first kappa shape index (κ1) is 13.8. The molecule has 1 aliphatic rings. The second kappa shape index (κ2) is 5.57. The highest BCUT2D eigenvalue weighted by molar-refractivity contribution is 6.29. The molecule has 1 aromatic heterocycles. The quantitative estimate of drug-likeness (QED) is 0.834. The maximum atomic E-state index is 12.1. The highest BCUT2D eigenvalue weighted by Gasteiger charge is 2.41. The van der Waals surface area contributed by atoms with Crippen LogP contribution in [-0.2, 0) is 4.79 Å². The van der Waals surface area contributed by atoms with Crippen LogP contribution in [0.3, 0.4) is 0 Å². The molecule has 0 bridgehead atoms. The van der Waals surface area contributed by atoms with Gasteiger partial charge in [-0.1, -0.05) is 36.9 Å². The summed E-state index contributed by atoms with van der Waals surface area (Å²) in [7, 11) is 0. The monoisotopic (exact) mass is 282 g/mol. The van der Waals surface area contributed by atoms with Crippen molar-refractivity contribution in [3.05, 3.63) is 29.0 Å². The number of carbonyl (C=O) groups is 2. The Labute approximate surface area is 116 Å². The van der Waals surface area contributed by atoms with Gasteiger partial charge in [0, 0.05) is 0 Å². The van der Waals surface area contributed by atoms with Crippen LogP contribution in [0.15, 0.2) is 18.2 Å². The van der Waals surface area contributed by atoms with Gasteiger partial charge in [0.25, 0.3) is 5.91 Å². The molecule has 0 saturated heterocycles. The summed E-state index contributed by atoms with van der Waals surface area (Å²) in [4.78, 5) is 27.4. The maximum Gasteiger partial charge on any atom is 0.329 e. The molecule has 1 heterocycles. The number of carbonyl (C=O) groups excluding carboxylic acids is 1. The summed E-state index contributed by atoms with van der Waals surface area (Å²) < 4.78 is 0. The van der Waals surface area contributed by atoms with Gasteiger partial charge >= 0.3 is 5.97 Å². The highest BCUT2D eigenvalue weighted by atomic mass is 35.5. The SMILES string of the molecule is O=C(NC1(C(=O)O)CCCCC1)c1cccc(Cl)n1. The van der Waals surface area contributed by atoms with E-state index in [1.54, 1.807) is 12.1 Å². The van der Waals surface area contributed by atoms with Crippen molar-refractivity contribution in [2.75, 3.05) is 0 Å². The van der Waals surface area contributed by atoms with Gasteiger partial charge < -0.3 is 10.4 Å². The van der Waals surface area contributed by atoms with Crippen LogP contribution >= 0.6 is 11.6 Å². The van der Waals surface area contributed by atoms with Crippen molar-refractivity contribution in [3.63, 3.8) is 0 Å². The summed E-state index contributed by atoms with van der Waals surface area (Å²) in [6.45, 7) is 0. The molecule has 1 fully saturated rings. The number of aliphatic carboxylic acids is 1. The molecule has 19 heavy (non-hydrogen) atoms. The van der Waals surface area contributed by atoms with Crippen molar-refractivity contribution < 1.29 is 14.7 Å². The largest absolute Gasteiger partial charge is 0.480 e. The van der Waals surface area contributed by atoms with Gasteiger partial charge in [-0.3, -0.25) is 4.79 Å². The van der Waals surface area contributed by atoms with Crippen molar-refractivity contribution in [2.45, 2.75) is 37.6 Å². The Morgan fingerprint density at radius 2 is 1.95 bits per heavy atom. The standard InChI is InChI=1S/C13H15ClN2O3/c14-10-6-4-5-9(15-10)11(17)16-13(12(18)19)7-2-1-3-8-13/h4-6H,1-3,7-8H2,(H,16,17)(H,18,19). The maximum absolute atomic E-state index is 12.1. The average molecular weight is 283 g/mol. The van der Waals surface area contributed by atoms with Crippen LogP contribution in [0.1, 0.15) is 42.6 Å². The number of rotatable bonds is 3. The molecule has 102 valence electrons. The van der Waals surface area contributed by atoms with E-state index in [1.807, 2.05) is 0 Å². The van der Waals surface area contributed by atoms with Crippen molar-refractivity contribution in [1.82, 2.24) is 10.3 Å². The number of carboxylic acid groups (broad SMARTS) is 1. The zero-order chi connectivity index (χ0) is 13.9. The van der Waals surface area contributed by atoms with Gasteiger partial charge in [0.1, 0.15) is 16.4 Å². The number of nitrogens with zero attached hydrogens (tertiary/aromatic N) is 1. The summed E-state index contributed by atoms with van der Waals surface area (Å²) in [6, 6.07) is 4.68. The lowest BCUT2D eigenvalue weighted by Gasteiger charge is -2.33. The molecule has 0 radical (unpaired) electrons. The van der Waals surface area contributed by atoms with Gasteiger partial charge in [-0.15, -0.1) is 0 Å². The summed E-state index contributed by atoms with van der Waals surface area (Å²) in [5, 5.41) is 12.2. The van der Waals surface area contributed by atoms with E-state index in [9.17, 15) is 14.7 Å². The predicted molar refractivity (Wildman–Crippen MR) is 70.2 cm³/mol. The molecule has 1 aromatic rings. The van der Waals surface area contributed by atoms with E-state index in [2.05, 4.69) is 10.3 Å². The van der Waals surface area contributed by atoms with E-state index in [-0.39, 0.29) is 10.8 Å². The Bertz CT molecular complexity index is 498. The fraction of sp³-hybridized carbons (Fsp3) is 0.462. The van der Waals surface area contributed by atoms with E-state index in [0.717, 1.165) is 19.3 Å². The van der Waals surface area contributed by atoms with Gasteiger partial charge in [-0.25, -0.2) is 9.78 Å². The first-order valence-electron chi connectivity index (χ1n) is 6.22. The lowest BCUT2D eigenvalue weighted by molar-refractivity contribution is -0.145. The molecule has 0 spiro atoms. The first-order valence-corrected chi connectivity index (χ1v) is 6.60. The smallest absolute Gasteiger partial charge is 0.329 e. The number of hydrogen-bond donors (Lipinski definition) is 2. The summed E-state index contributed by atoms with van der Waals surface area (Å²) in [5.74, 6) is -1.48. The summed E-state index contributed by atoms with van der Waals surface area (Å²) in [6.07, 6.45) is 3.51. The molecular weight excluding hydrogens is 268 g/mol. The van der Waals surface area contributed by atoms with Crippen LogP contribution < -0.4 is 5.32 Å². The molecule has 6 heteroatoms. The van der Waals surface area contributed by atoms with E-state index >= 15 is 0 Å². The number of pyridine rings is 1. The molecule has 1 amide bonds. The topological polar surface area (TPSA) is 79.3 Å². The Morgan fingerprint density at radius 1 is 1.26 bits per heavy atom. The van der Waals surface area contributed by atoms with Crippen molar-refractivity contribution in [2.24, 2.45) is 0 Å². The molecule has 0 aliphatic heterocycles. The lowest BCUT2D eigenvalue weighted by atomic mass is 9.81. The van der Waals surface area contributed by atoms with E-state index < -0.39 is 17.4 Å². The second-order valence-electron chi connectivity index (χ2n) is 4.75. The number of carboxylic acids is 1. The Hall–Kier alpha value is -1.62. The van der Waals surface area contributed by atoms with E-state index in [0.29, 0.717) is 12.8 Å². The normalized spacial score (nSPS) is 17.7. The van der Waals surface area contributed by atoms with Crippen molar-refractivity contribution >= 4 is 23.5 Å². The van der Waals surface area contributed by atoms with Crippen LogP contribution in [0.5, 0.6) is 0 Å². The highest BCUT2D eigenvalue weighted by Crippen LogP contribution is 2.28. The van der Waals surface area contributed by atoms with Gasteiger partial charge in [0.05, 0.1) is 0 Å². The van der Waals surface area contributed by atoms with Gasteiger partial charge in [0.15, 0.2) is 0 Å².